The second kappa shape index (κ2) is 6.42. The van der Waals surface area contributed by atoms with Gasteiger partial charge in [0.1, 0.15) is 5.75 Å². The third kappa shape index (κ3) is 3.61. The van der Waals surface area contributed by atoms with Gasteiger partial charge >= 0.3 is 0 Å². The molecule has 6 nitrogen and oxygen atoms in total. The number of phenolic OH excluding ortho intramolecular Hbond substituents is 1. The minimum atomic E-state index is -0.554. The Morgan fingerprint density at radius 1 is 1.35 bits per heavy atom. The Morgan fingerprint density at radius 2 is 2.20 bits per heavy atom. The molecule has 0 aliphatic heterocycles. The molecule has 1 aromatic heterocycles. The first-order valence-electron chi connectivity index (χ1n) is 6.04. The van der Waals surface area contributed by atoms with E-state index in [1.165, 1.54) is 18.3 Å². The molecule has 0 spiro atoms. The van der Waals surface area contributed by atoms with E-state index in [1.807, 2.05) is 18.2 Å². The number of non-ortho nitro benzene ring substituents is 1. The number of aromatic hydroxyl groups is 1. The van der Waals surface area contributed by atoms with Gasteiger partial charge in [0, 0.05) is 42.7 Å². The Morgan fingerprint density at radius 3 is 2.85 bits per heavy atom. The van der Waals surface area contributed by atoms with Gasteiger partial charge in [-0.05, 0) is 18.2 Å². The van der Waals surface area contributed by atoms with Crippen molar-refractivity contribution in [1.29, 1.82) is 0 Å². The van der Waals surface area contributed by atoms with E-state index in [9.17, 15) is 15.2 Å². The van der Waals surface area contributed by atoms with Gasteiger partial charge in [0.15, 0.2) is 0 Å². The Bertz CT molecular complexity index is 627. The van der Waals surface area contributed by atoms with E-state index in [-0.39, 0.29) is 11.4 Å². The summed E-state index contributed by atoms with van der Waals surface area (Å²) >= 11 is 0. The number of phenols is 1. The third-order valence-electron chi connectivity index (χ3n) is 2.68. The van der Waals surface area contributed by atoms with Crippen molar-refractivity contribution >= 4 is 11.9 Å². The summed E-state index contributed by atoms with van der Waals surface area (Å²) in [6, 6.07) is 9.59. The number of nitro benzene ring substituents is 1. The second-order valence-corrected chi connectivity index (χ2v) is 4.11. The molecule has 0 atom stereocenters. The fraction of sp³-hybridized carbons (Fsp3) is 0.143. The van der Waals surface area contributed by atoms with Gasteiger partial charge < -0.3 is 5.11 Å². The van der Waals surface area contributed by atoms with E-state index in [1.54, 1.807) is 6.20 Å². The molecular weight excluding hydrogens is 258 g/mol. The molecule has 1 N–H and O–H groups in total. The number of aromatic nitrogens is 1. The summed E-state index contributed by atoms with van der Waals surface area (Å²) in [7, 11) is 0. The van der Waals surface area contributed by atoms with Crippen LogP contribution in [0.3, 0.4) is 0 Å². The fourth-order valence-corrected chi connectivity index (χ4v) is 1.64. The Balaban J connectivity index is 1.96. The van der Waals surface area contributed by atoms with Crippen LogP contribution in [0.15, 0.2) is 47.6 Å². The first kappa shape index (κ1) is 13.7. The lowest BCUT2D eigenvalue weighted by Gasteiger charge is -1.99. The van der Waals surface area contributed by atoms with Crippen LogP contribution >= 0.6 is 0 Å². The van der Waals surface area contributed by atoms with Crippen LogP contribution in [-0.4, -0.2) is 27.8 Å². The SMILES string of the molecule is O=[N+]([O-])c1ccc(C=NCCc2ccccn2)c(O)c1. The number of hydrogen-bond acceptors (Lipinski definition) is 5. The van der Waals surface area contributed by atoms with Crippen molar-refractivity contribution in [3.63, 3.8) is 0 Å². The van der Waals surface area contributed by atoms with Gasteiger partial charge in [-0.15, -0.1) is 0 Å². The maximum Gasteiger partial charge on any atom is 0.273 e. The van der Waals surface area contributed by atoms with Crippen LogP contribution in [0, 0.1) is 10.1 Å². The van der Waals surface area contributed by atoms with Gasteiger partial charge in [-0.25, -0.2) is 0 Å². The van der Waals surface area contributed by atoms with Gasteiger partial charge in [-0.1, -0.05) is 6.07 Å². The molecule has 0 bridgehead atoms. The van der Waals surface area contributed by atoms with Crippen molar-refractivity contribution in [2.24, 2.45) is 4.99 Å². The zero-order valence-corrected chi connectivity index (χ0v) is 10.6. The minimum Gasteiger partial charge on any atom is -0.507 e. The predicted molar refractivity (Wildman–Crippen MR) is 75.2 cm³/mol. The Labute approximate surface area is 115 Å². The number of hydrogen-bond donors (Lipinski definition) is 1. The van der Waals surface area contributed by atoms with Gasteiger partial charge in [0.2, 0.25) is 0 Å². The minimum absolute atomic E-state index is 0.145. The summed E-state index contributed by atoms with van der Waals surface area (Å²) < 4.78 is 0. The number of nitro groups is 1. The van der Waals surface area contributed by atoms with Crippen molar-refractivity contribution < 1.29 is 10.0 Å². The Kier molecular flexibility index (Phi) is 4.39. The summed E-state index contributed by atoms with van der Waals surface area (Å²) in [5, 5.41) is 20.2. The van der Waals surface area contributed by atoms with E-state index < -0.39 is 4.92 Å². The first-order valence-corrected chi connectivity index (χ1v) is 6.04. The molecule has 6 heteroatoms. The molecule has 2 rings (SSSR count). The van der Waals surface area contributed by atoms with E-state index in [0.717, 1.165) is 11.8 Å². The topological polar surface area (TPSA) is 88.6 Å². The van der Waals surface area contributed by atoms with Gasteiger partial charge in [0.25, 0.3) is 5.69 Å². The van der Waals surface area contributed by atoms with Crippen molar-refractivity contribution in [3.8, 4) is 5.75 Å². The fourth-order valence-electron chi connectivity index (χ4n) is 1.64. The van der Waals surface area contributed by atoms with Crippen LogP contribution in [-0.2, 0) is 6.42 Å². The van der Waals surface area contributed by atoms with E-state index in [4.69, 9.17) is 0 Å². The predicted octanol–water partition coefficient (Wildman–Crippen LogP) is 2.36. The van der Waals surface area contributed by atoms with Crippen molar-refractivity contribution in [2.45, 2.75) is 6.42 Å². The van der Waals surface area contributed by atoms with E-state index in [2.05, 4.69) is 9.98 Å². The molecule has 1 heterocycles. The summed E-state index contributed by atoms with van der Waals surface area (Å²) in [5.74, 6) is -0.152. The molecule has 0 radical (unpaired) electrons. The van der Waals surface area contributed by atoms with E-state index in [0.29, 0.717) is 18.5 Å². The zero-order valence-electron chi connectivity index (χ0n) is 10.6. The zero-order chi connectivity index (χ0) is 14.4. The Hall–Kier alpha value is -2.76. The highest BCUT2D eigenvalue weighted by Gasteiger charge is 2.08. The van der Waals surface area contributed by atoms with Crippen LogP contribution in [0.2, 0.25) is 0 Å². The standard InChI is InChI=1S/C14H13N3O3/c18-14-9-13(17(19)20)5-4-11(14)10-15-8-6-12-3-1-2-7-16-12/h1-5,7,9-10,18H,6,8H2. The molecule has 0 aliphatic rings. The molecule has 0 saturated heterocycles. The number of rotatable bonds is 5. The monoisotopic (exact) mass is 271 g/mol. The lowest BCUT2D eigenvalue weighted by atomic mass is 10.2. The highest BCUT2D eigenvalue weighted by Crippen LogP contribution is 2.21. The highest BCUT2D eigenvalue weighted by atomic mass is 16.6. The molecule has 102 valence electrons. The molecule has 20 heavy (non-hydrogen) atoms. The first-order chi connectivity index (χ1) is 9.66. The average Bonchev–Trinajstić information content (AvgIpc) is 2.46. The van der Waals surface area contributed by atoms with Gasteiger partial charge in [0.05, 0.1) is 11.0 Å². The molecule has 0 saturated carbocycles. The number of aliphatic imine (C=N–C) groups is 1. The molecule has 2 aromatic rings. The number of benzene rings is 1. The molecule has 0 amide bonds. The second-order valence-electron chi connectivity index (χ2n) is 4.11. The molecule has 1 aromatic carbocycles. The third-order valence-corrected chi connectivity index (χ3v) is 2.68. The lowest BCUT2D eigenvalue weighted by Crippen LogP contribution is -1.94. The van der Waals surface area contributed by atoms with Crippen LogP contribution in [0.1, 0.15) is 11.3 Å². The molecule has 0 aliphatic carbocycles. The van der Waals surface area contributed by atoms with Gasteiger partial charge in [-0.2, -0.15) is 0 Å². The molecular formula is C14H13N3O3. The maximum absolute atomic E-state index is 10.5. The largest absolute Gasteiger partial charge is 0.507 e. The van der Waals surface area contributed by atoms with Crippen molar-refractivity contribution in [1.82, 2.24) is 4.98 Å². The number of nitrogens with zero attached hydrogens (tertiary/aromatic N) is 3. The molecule has 0 unspecified atom stereocenters. The van der Waals surface area contributed by atoms with Crippen molar-refractivity contribution in [3.05, 3.63) is 64.0 Å². The lowest BCUT2D eigenvalue weighted by molar-refractivity contribution is -0.384. The number of pyridine rings is 1. The summed E-state index contributed by atoms with van der Waals surface area (Å²) in [6.07, 6.45) is 3.92. The summed E-state index contributed by atoms with van der Waals surface area (Å²) in [5.41, 5.74) is 1.25. The average molecular weight is 271 g/mol. The van der Waals surface area contributed by atoms with E-state index >= 15 is 0 Å². The summed E-state index contributed by atoms with van der Waals surface area (Å²) in [6.45, 7) is 0.535. The maximum atomic E-state index is 10.5. The molecule has 0 fully saturated rings. The van der Waals surface area contributed by atoms with Crippen LogP contribution in [0.5, 0.6) is 5.75 Å². The van der Waals surface area contributed by atoms with Crippen LogP contribution in [0.25, 0.3) is 0 Å². The van der Waals surface area contributed by atoms with Crippen molar-refractivity contribution in [2.75, 3.05) is 6.54 Å². The van der Waals surface area contributed by atoms with Crippen LogP contribution in [0.4, 0.5) is 5.69 Å². The summed E-state index contributed by atoms with van der Waals surface area (Å²) in [4.78, 5) is 18.3. The quantitative estimate of drug-likeness (QED) is 0.513. The normalized spacial score (nSPS) is 10.8. The smallest absolute Gasteiger partial charge is 0.273 e. The van der Waals surface area contributed by atoms with Crippen LogP contribution < -0.4 is 0 Å². The van der Waals surface area contributed by atoms with Gasteiger partial charge in [-0.3, -0.25) is 20.1 Å². The highest BCUT2D eigenvalue weighted by molar-refractivity contribution is 5.83.